The maximum atomic E-state index is 11.7. The van der Waals surface area contributed by atoms with Crippen LogP contribution in [0.5, 0.6) is 0 Å². The Kier molecular flexibility index (Phi) is 5.56. The molecule has 0 N–H and O–H groups in total. The molecule has 1 aromatic carbocycles. The highest BCUT2D eigenvalue weighted by molar-refractivity contribution is 5.84. The van der Waals surface area contributed by atoms with Crippen LogP contribution in [0.25, 0.3) is 0 Å². The number of carbonyl (C=O) groups is 2. The maximum absolute atomic E-state index is 11.7. The topological polar surface area (TPSA) is 43.4 Å². The lowest BCUT2D eigenvalue weighted by Crippen LogP contribution is -2.09. The van der Waals surface area contributed by atoms with Gasteiger partial charge < -0.3 is 4.74 Å². The van der Waals surface area contributed by atoms with E-state index in [0.29, 0.717) is 13.0 Å². The number of Topliss-reactive ketones (excluding diaryl/α,β-unsaturated/α-hetero) is 1. The van der Waals surface area contributed by atoms with Gasteiger partial charge in [0.1, 0.15) is 5.78 Å². The van der Waals surface area contributed by atoms with Gasteiger partial charge in [-0.3, -0.25) is 9.59 Å². The molecule has 0 bridgehead atoms. The van der Waals surface area contributed by atoms with E-state index in [2.05, 4.69) is 0 Å². The molecule has 0 aliphatic heterocycles. The molecule has 0 unspecified atom stereocenters. The van der Waals surface area contributed by atoms with Crippen LogP contribution in [0.3, 0.4) is 0 Å². The molecule has 0 heterocycles. The van der Waals surface area contributed by atoms with Gasteiger partial charge in [-0.05, 0) is 37.5 Å². The van der Waals surface area contributed by atoms with Gasteiger partial charge in [-0.15, -0.1) is 0 Å². The molecule has 98 valence electrons. The van der Waals surface area contributed by atoms with Crippen LogP contribution in [0.2, 0.25) is 0 Å². The molecule has 0 radical (unpaired) electrons. The van der Waals surface area contributed by atoms with Crippen LogP contribution in [-0.2, 0) is 20.7 Å². The average molecular weight is 248 g/mol. The van der Waals surface area contributed by atoms with Crippen LogP contribution < -0.4 is 0 Å². The number of carbonyl (C=O) groups excluding carboxylic acids is 2. The number of ketones is 1. The molecule has 0 amide bonds. The van der Waals surface area contributed by atoms with Crippen molar-refractivity contribution in [3.05, 3.63) is 34.9 Å². The Hall–Kier alpha value is -1.64. The zero-order valence-electron chi connectivity index (χ0n) is 11.3. The zero-order chi connectivity index (χ0) is 13.5. The summed E-state index contributed by atoms with van der Waals surface area (Å²) in [6.45, 7) is 6.20. The lowest BCUT2D eigenvalue weighted by molar-refractivity contribution is -0.144. The highest BCUT2D eigenvalue weighted by Gasteiger charge is 2.08. The summed E-state index contributed by atoms with van der Waals surface area (Å²) in [5, 5.41) is 0. The molecule has 3 heteroatoms. The zero-order valence-corrected chi connectivity index (χ0v) is 11.3. The SMILES string of the molecule is CCOC(=O)CCC(=O)Cc1ccc(C)c(C)c1. The van der Waals surface area contributed by atoms with Gasteiger partial charge in [0.05, 0.1) is 13.0 Å². The first kappa shape index (κ1) is 14.4. The number of rotatable bonds is 6. The molecular weight excluding hydrogens is 228 g/mol. The van der Waals surface area contributed by atoms with E-state index in [-0.39, 0.29) is 24.6 Å². The summed E-state index contributed by atoms with van der Waals surface area (Å²) in [5.74, 6) is -0.225. The van der Waals surface area contributed by atoms with Crippen LogP contribution in [0, 0.1) is 13.8 Å². The number of aryl methyl sites for hydroxylation is 2. The smallest absolute Gasteiger partial charge is 0.306 e. The molecule has 0 atom stereocenters. The molecule has 0 aliphatic rings. The third kappa shape index (κ3) is 4.70. The number of hydrogen-bond donors (Lipinski definition) is 0. The predicted molar refractivity (Wildman–Crippen MR) is 70.5 cm³/mol. The van der Waals surface area contributed by atoms with E-state index in [1.54, 1.807) is 6.92 Å². The van der Waals surface area contributed by atoms with Gasteiger partial charge in [0.25, 0.3) is 0 Å². The van der Waals surface area contributed by atoms with E-state index < -0.39 is 0 Å². The van der Waals surface area contributed by atoms with Crippen LogP contribution in [0.4, 0.5) is 0 Å². The fourth-order valence-electron chi connectivity index (χ4n) is 1.70. The molecule has 18 heavy (non-hydrogen) atoms. The van der Waals surface area contributed by atoms with Gasteiger partial charge in [-0.1, -0.05) is 18.2 Å². The summed E-state index contributed by atoms with van der Waals surface area (Å²) in [6.07, 6.45) is 0.823. The summed E-state index contributed by atoms with van der Waals surface area (Å²) >= 11 is 0. The lowest BCUT2D eigenvalue weighted by atomic mass is 10.0. The summed E-state index contributed by atoms with van der Waals surface area (Å²) < 4.78 is 4.79. The van der Waals surface area contributed by atoms with Crippen molar-refractivity contribution in [1.29, 1.82) is 0 Å². The second-order valence-corrected chi connectivity index (χ2v) is 4.44. The number of benzene rings is 1. The first-order valence-electron chi connectivity index (χ1n) is 6.26. The number of hydrogen-bond acceptors (Lipinski definition) is 3. The van der Waals surface area contributed by atoms with Crippen molar-refractivity contribution in [2.45, 2.75) is 40.0 Å². The number of esters is 1. The van der Waals surface area contributed by atoms with E-state index in [1.165, 1.54) is 11.1 Å². The second kappa shape index (κ2) is 6.94. The molecule has 3 nitrogen and oxygen atoms in total. The van der Waals surface area contributed by atoms with E-state index in [0.717, 1.165) is 5.56 Å². The van der Waals surface area contributed by atoms with Gasteiger partial charge in [0.2, 0.25) is 0 Å². The standard InChI is InChI=1S/C15H20O3/c1-4-18-15(17)8-7-14(16)10-13-6-5-11(2)12(3)9-13/h5-6,9H,4,7-8,10H2,1-3H3. The minimum Gasteiger partial charge on any atom is -0.466 e. The Labute approximate surface area is 108 Å². The molecule has 1 aromatic rings. The maximum Gasteiger partial charge on any atom is 0.306 e. The van der Waals surface area contributed by atoms with Crippen molar-refractivity contribution >= 4 is 11.8 Å². The van der Waals surface area contributed by atoms with Gasteiger partial charge >= 0.3 is 5.97 Å². The molecule has 0 aromatic heterocycles. The highest BCUT2D eigenvalue weighted by Crippen LogP contribution is 2.11. The summed E-state index contributed by atoms with van der Waals surface area (Å²) in [7, 11) is 0. The molecule has 0 fully saturated rings. The summed E-state index contributed by atoms with van der Waals surface area (Å²) in [6, 6.07) is 6.01. The largest absolute Gasteiger partial charge is 0.466 e. The minimum atomic E-state index is -0.300. The number of ether oxygens (including phenoxy) is 1. The first-order valence-corrected chi connectivity index (χ1v) is 6.26. The van der Waals surface area contributed by atoms with Gasteiger partial charge in [-0.2, -0.15) is 0 Å². The Morgan fingerprint density at radius 2 is 1.83 bits per heavy atom. The van der Waals surface area contributed by atoms with Crippen molar-refractivity contribution < 1.29 is 14.3 Å². The average Bonchev–Trinajstić information content (AvgIpc) is 2.32. The van der Waals surface area contributed by atoms with Crippen LogP contribution in [-0.4, -0.2) is 18.4 Å². The van der Waals surface area contributed by atoms with E-state index in [1.807, 2.05) is 32.0 Å². The lowest BCUT2D eigenvalue weighted by Gasteiger charge is -2.05. The molecule has 0 spiro atoms. The minimum absolute atomic E-state index is 0.0753. The van der Waals surface area contributed by atoms with E-state index in [4.69, 9.17) is 4.74 Å². The fourth-order valence-corrected chi connectivity index (χ4v) is 1.70. The molecule has 1 rings (SSSR count). The van der Waals surface area contributed by atoms with Crippen molar-refractivity contribution in [2.75, 3.05) is 6.61 Å². The predicted octanol–water partition coefficient (Wildman–Crippen LogP) is 2.76. The second-order valence-electron chi connectivity index (χ2n) is 4.44. The van der Waals surface area contributed by atoms with E-state index >= 15 is 0 Å². The Morgan fingerprint density at radius 1 is 1.11 bits per heavy atom. The monoisotopic (exact) mass is 248 g/mol. The van der Waals surface area contributed by atoms with Crippen molar-refractivity contribution in [2.24, 2.45) is 0 Å². The van der Waals surface area contributed by atoms with E-state index in [9.17, 15) is 9.59 Å². The molecular formula is C15H20O3. The van der Waals surface area contributed by atoms with Gasteiger partial charge in [0.15, 0.2) is 0 Å². The highest BCUT2D eigenvalue weighted by atomic mass is 16.5. The van der Waals surface area contributed by atoms with Gasteiger partial charge in [-0.25, -0.2) is 0 Å². The Bertz CT molecular complexity index is 435. The normalized spacial score (nSPS) is 10.2. The third-order valence-electron chi connectivity index (χ3n) is 2.89. The Balaban J connectivity index is 2.44. The fraction of sp³-hybridized carbons (Fsp3) is 0.467. The van der Waals surface area contributed by atoms with Crippen molar-refractivity contribution in [3.63, 3.8) is 0 Å². The summed E-state index contributed by atoms with van der Waals surface area (Å²) in [4.78, 5) is 22.8. The third-order valence-corrected chi connectivity index (χ3v) is 2.89. The van der Waals surface area contributed by atoms with Gasteiger partial charge in [0, 0.05) is 12.8 Å². The molecule has 0 saturated carbocycles. The quantitative estimate of drug-likeness (QED) is 0.727. The molecule has 0 saturated heterocycles. The van der Waals surface area contributed by atoms with Crippen LogP contribution in [0.15, 0.2) is 18.2 Å². The van der Waals surface area contributed by atoms with Crippen LogP contribution in [0.1, 0.15) is 36.5 Å². The van der Waals surface area contributed by atoms with Crippen molar-refractivity contribution in [3.8, 4) is 0 Å². The molecule has 0 aliphatic carbocycles. The summed E-state index contributed by atoms with van der Waals surface area (Å²) in [5.41, 5.74) is 3.41. The van der Waals surface area contributed by atoms with Crippen molar-refractivity contribution in [1.82, 2.24) is 0 Å². The van der Waals surface area contributed by atoms with Crippen LogP contribution >= 0.6 is 0 Å². The first-order chi connectivity index (χ1) is 8.52. The Morgan fingerprint density at radius 3 is 2.44 bits per heavy atom.